The molecule has 0 bridgehead atoms. The third kappa shape index (κ3) is 3.62. The van der Waals surface area contributed by atoms with E-state index >= 15 is 0 Å². The van der Waals surface area contributed by atoms with Crippen LogP contribution in [0.3, 0.4) is 0 Å². The van der Waals surface area contributed by atoms with Crippen LogP contribution >= 0.6 is 27.5 Å². The van der Waals surface area contributed by atoms with Crippen molar-refractivity contribution in [2.75, 3.05) is 11.9 Å². The molecule has 2 aromatic rings. The molecule has 2 aromatic carbocycles. The Labute approximate surface area is 132 Å². The zero-order chi connectivity index (χ0) is 14.7. The number of Topliss-reactive ketones (excluding diaryl/α,β-unsaturated/α-hetero) is 1. The first-order valence-electron chi connectivity index (χ1n) is 6.23. The molecule has 0 saturated carbocycles. The van der Waals surface area contributed by atoms with Gasteiger partial charge in [-0.15, -0.1) is 0 Å². The molecule has 0 amide bonds. The van der Waals surface area contributed by atoms with Crippen molar-refractivity contribution in [3.05, 3.63) is 63.1 Å². The van der Waals surface area contributed by atoms with Crippen molar-refractivity contribution in [1.82, 2.24) is 0 Å². The number of rotatable bonds is 4. The van der Waals surface area contributed by atoms with Crippen molar-refractivity contribution in [2.24, 2.45) is 0 Å². The molecule has 0 atom stereocenters. The summed E-state index contributed by atoms with van der Waals surface area (Å²) in [5.41, 5.74) is 2.88. The highest BCUT2D eigenvalue weighted by Crippen LogP contribution is 2.28. The summed E-state index contributed by atoms with van der Waals surface area (Å²) in [7, 11) is 2.01. The van der Waals surface area contributed by atoms with E-state index < -0.39 is 0 Å². The van der Waals surface area contributed by atoms with E-state index in [9.17, 15) is 4.79 Å². The molecule has 0 heterocycles. The van der Waals surface area contributed by atoms with Gasteiger partial charge in [-0.25, -0.2) is 0 Å². The van der Waals surface area contributed by atoms with E-state index in [4.69, 9.17) is 11.6 Å². The SMILES string of the molecule is CC(=O)c1ccc(N(C)Cc2cccc(Cl)c2)c(Br)c1. The number of nitrogens with zero attached hydrogens (tertiary/aromatic N) is 1. The second-order valence-corrected chi connectivity index (χ2v) is 6.00. The second kappa shape index (κ2) is 6.42. The van der Waals surface area contributed by atoms with Gasteiger partial charge in [-0.05, 0) is 58.7 Å². The Balaban J connectivity index is 2.21. The number of anilines is 1. The van der Waals surface area contributed by atoms with Crippen LogP contribution in [0.2, 0.25) is 5.02 Å². The van der Waals surface area contributed by atoms with Crippen LogP contribution in [-0.2, 0) is 6.54 Å². The minimum atomic E-state index is 0.0646. The summed E-state index contributed by atoms with van der Waals surface area (Å²) in [5, 5.41) is 0.738. The van der Waals surface area contributed by atoms with Gasteiger partial charge in [-0.3, -0.25) is 4.79 Å². The fourth-order valence-corrected chi connectivity index (χ4v) is 2.92. The normalized spacial score (nSPS) is 10.4. The van der Waals surface area contributed by atoms with Gasteiger partial charge in [0.1, 0.15) is 0 Å². The van der Waals surface area contributed by atoms with Crippen LogP contribution in [0.25, 0.3) is 0 Å². The molecule has 2 nitrogen and oxygen atoms in total. The summed E-state index contributed by atoms with van der Waals surface area (Å²) in [5.74, 6) is 0.0646. The molecule has 20 heavy (non-hydrogen) atoms. The van der Waals surface area contributed by atoms with Gasteiger partial charge in [-0.2, -0.15) is 0 Å². The largest absolute Gasteiger partial charge is 0.369 e. The molecular weight excluding hydrogens is 338 g/mol. The van der Waals surface area contributed by atoms with Crippen molar-refractivity contribution in [3.63, 3.8) is 0 Å². The van der Waals surface area contributed by atoms with E-state index in [-0.39, 0.29) is 5.78 Å². The van der Waals surface area contributed by atoms with Crippen LogP contribution in [0.1, 0.15) is 22.8 Å². The van der Waals surface area contributed by atoms with Crippen molar-refractivity contribution in [2.45, 2.75) is 13.5 Å². The third-order valence-corrected chi connectivity index (χ3v) is 3.94. The molecule has 0 aliphatic heterocycles. The number of carbonyl (C=O) groups excluding carboxylic acids is 1. The van der Waals surface area contributed by atoms with Crippen LogP contribution in [-0.4, -0.2) is 12.8 Å². The Bertz CT molecular complexity index is 642. The number of carbonyl (C=O) groups is 1. The lowest BCUT2D eigenvalue weighted by Crippen LogP contribution is -2.17. The number of halogens is 2. The van der Waals surface area contributed by atoms with Crippen LogP contribution in [0.4, 0.5) is 5.69 Å². The first-order valence-corrected chi connectivity index (χ1v) is 7.40. The molecule has 2 rings (SSSR count). The minimum Gasteiger partial charge on any atom is -0.369 e. The summed E-state index contributed by atoms with van der Waals surface area (Å²) in [4.78, 5) is 13.5. The summed E-state index contributed by atoms with van der Waals surface area (Å²) in [6, 6.07) is 13.5. The zero-order valence-corrected chi connectivity index (χ0v) is 13.7. The van der Waals surface area contributed by atoms with Gasteiger partial charge in [0.05, 0.1) is 5.69 Å². The average molecular weight is 353 g/mol. The van der Waals surface area contributed by atoms with Gasteiger partial charge >= 0.3 is 0 Å². The van der Waals surface area contributed by atoms with E-state index in [2.05, 4.69) is 20.8 Å². The zero-order valence-electron chi connectivity index (χ0n) is 11.4. The highest BCUT2D eigenvalue weighted by atomic mass is 79.9. The summed E-state index contributed by atoms with van der Waals surface area (Å²) in [6.07, 6.45) is 0. The Morgan fingerprint density at radius 3 is 2.60 bits per heavy atom. The maximum Gasteiger partial charge on any atom is 0.159 e. The van der Waals surface area contributed by atoms with E-state index in [1.54, 1.807) is 6.92 Å². The number of benzene rings is 2. The first-order chi connectivity index (χ1) is 9.47. The minimum absolute atomic E-state index is 0.0646. The Kier molecular flexibility index (Phi) is 4.84. The highest BCUT2D eigenvalue weighted by molar-refractivity contribution is 9.10. The smallest absolute Gasteiger partial charge is 0.159 e. The fourth-order valence-electron chi connectivity index (χ4n) is 2.03. The van der Waals surface area contributed by atoms with E-state index in [1.165, 1.54) is 0 Å². The lowest BCUT2D eigenvalue weighted by molar-refractivity contribution is 0.101. The topological polar surface area (TPSA) is 20.3 Å². The van der Waals surface area contributed by atoms with Crippen LogP contribution in [0.15, 0.2) is 46.9 Å². The average Bonchev–Trinajstić information content (AvgIpc) is 2.38. The standard InChI is InChI=1S/C16H15BrClNO/c1-11(20)13-6-7-16(15(17)9-13)19(2)10-12-4-3-5-14(18)8-12/h3-9H,10H2,1-2H3. The van der Waals surface area contributed by atoms with Gasteiger partial charge in [0.2, 0.25) is 0 Å². The molecular formula is C16H15BrClNO. The lowest BCUT2D eigenvalue weighted by Gasteiger charge is -2.21. The van der Waals surface area contributed by atoms with E-state index in [0.29, 0.717) is 5.56 Å². The molecule has 0 radical (unpaired) electrons. The number of hydrogen-bond donors (Lipinski definition) is 0. The molecule has 0 aromatic heterocycles. The quantitative estimate of drug-likeness (QED) is 0.726. The van der Waals surface area contributed by atoms with Gasteiger partial charge in [0, 0.05) is 28.7 Å². The Hall–Kier alpha value is -1.32. The summed E-state index contributed by atoms with van der Waals surface area (Å²) < 4.78 is 0.912. The molecule has 0 aliphatic rings. The molecule has 0 unspecified atom stereocenters. The van der Waals surface area contributed by atoms with Gasteiger partial charge in [-0.1, -0.05) is 23.7 Å². The molecule has 0 aliphatic carbocycles. The van der Waals surface area contributed by atoms with Crippen LogP contribution in [0.5, 0.6) is 0 Å². The monoisotopic (exact) mass is 351 g/mol. The highest BCUT2D eigenvalue weighted by Gasteiger charge is 2.09. The molecule has 0 spiro atoms. The van der Waals surface area contributed by atoms with Gasteiger partial charge in [0.25, 0.3) is 0 Å². The van der Waals surface area contributed by atoms with Crippen molar-refractivity contribution >= 4 is 39.0 Å². The van der Waals surface area contributed by atoms with Crippen LogP contribution < -0.4 is 4.90 Å². The number of hydrogen-bond acceptors (Lipinski definition) is 2. The van der Waals surface area contributed by atoms with Crippen molar-refractivity contribution in [3.8, 4) is 0 Å². The molecule has 0 fully saturated rings. The molecule has 4 heteroatoms. The lowest BCUT2D eigenvalue weighted by atomic mass is 10.1. The summed E-state index contributed by atoms with van der Waals surface area (Å²) in [6.45, 7) is 2.32. The maximum atomic E-state index is 11.4. The Morgan fingerprint density at radius 1 is 1.25 bits per heavy atom. The molecule has 0 saturated heterocycles. The Morgan fingerprint density at radius 2 is 2.00 bits per heavy atom. The van der Waals surface area contributed by atoms with Gasteiger partial charge < -0.3 is 4.90 Å². The molecule has 104 valence electrons. The van der Waals surface area contributed by atoms with E-state index in [1.807, 2.05) is 49.5 Å². The second-order valence-electron chi connectivity index (χ2n) is 4.71. The van der Waals surface area contributed by atoms with E-state index in [0.717, 1.165) is 27.3 Å². The van der Waals surface area contributed by atoms with Crippen molar-refractivity contribution < 1.29 is 4.79 Å². The predicted molar refractivity (Wildman–Crippen MR) is 87.7 cm³/mol. The van der Waals surface area contributed by atoms with Crippen molar-refractivity contribution in [1.29, 1.82) is 0 Å². The third-order valence-electron chi connectivity index (χ3n) is 3.07. The fraction of sp³-hybridized carbons (Fsp3) is 0.188. The van der Waals surface area contributed by atoms with Gasteiger partial charge in [0.15, 0.2) is 5.78 Å². The maximum absolute atomic E-state index is 11.4. The predicted octanol–water partition coefficient (Wildman–Crippen LogP) is 4.94. The first kappa shape index (κ1) is 15.1. The molecule has 0 N–H and O–H groups in total. The van der Waals surface area contributed by atoms with Crippen LogP contribution in [0, 0.1) is 0 Å². The number of ketones is 1. The summed E-state index contributed by atoms with van der Waals surface area (Å²) >= 11 is 9.52.